The van der Waals surface area contributed by atoms with Crippen molar-refractivity contribution in [2.24, 2.45) is 5.92 Å². The second-order valence-corrected chi connectivity index (χ2v) is 7.38. The SMILES string of the molecule is O=C1c2ccc(S(=O)(=O)Cl)cc2C(=O)N1CC1CC1. The summed E-state index contributed by atoms with van der Waals surface area (Å²) in [5.41, 5.74) is 0.363. The molecule has 7 heteroatoms. The van der Waals surface area contributed by atoms with Crippen molar-refractivity contribution < 1.29 is 18.0 Å². The van der Waals surface area contributed by atoms with Gasteiger partial charge in [-0.1, -0.05) is 0 Å². The van der Waals surface area contributed by atoms with Crippen molar-refractivity contribution >= 4 is 31.5 Å². The lowest BCUT2D eigenvalue weighted by molar-refractivity contribution is 0.0647. The number of halogens is 1. The number of imide groups is 1. The maximum atomic E-state index is 12.1. The molecule has 0 saturated heterocycles. The van der Waals surface area contributed by atoms with Crippen LogP contribution in [0.2, 0.25) is 0 Å². The molecule has 1 saturated carbocycles. The molecule has 0 spiro atoms. The van der Waals surface area contributed by atoms with Gasteiger partial charge < -0.3 is 0 Å². The number of benzene rings is 1. The number of hydrogen-bond acceptors (Lipinski definition) is 4. The highest BCUT2D eigenvalue weighted by Crippen LogP contribution is 2.33. The van der Waals surface area contributed by atoms with E-state index in [1.165, 1.54) is 23.1 Å². The molecule has 0 aromatic heterocycles. The van der Waals surface area contributed by atoms with Gasteiger partial charge in [0.05, 0.1) is 16.0 Å². The van der Waals surface area contributed by atoms with Gasteiger partial charge in [0.25, 0.3) is 20.9 Å². The van der Waals surface area contributed by atoms with E-state index >= 15 is 0 Å². The summed E-state index contributed by atoms with van der Waals surface area (Å²) in [6, 6.07) is 3.76. The van der Waals surface area contributed by atoms with Crippen LogP contribution >= 0.6 is 10.7 Å². The Morgan fingerprint density at radius 3 is 2.37 bits per heavy atom. The van der Waals surface area contributed by atoms with Crippen LogP contribution in [-0.2, 0) is 9.05 Å². The molecular formula is C12H10ClNO4S. The Morgan fingerprint density at radius 2 is 1.79 bits per heavy atom. The maximum Gasteiger partial charge on any atom is 0.261 e. The van der Waals surface area contributed by atoms with Crippen molar-refractivity contribution in [3.05, 3.63) is 29.3 Å². The summed E-state index contributed by atoms with van der Waals surface area (Å²) in [4.78, 5) is 25.2. The van der Waals surface area contributed by atoms with E-state index in [4.69, 9.17) is 10.7 Å². The predicted octanol–water partition coefficient (Wildman–Crippen LogP) is 1.62. The van der Waals surface area contributed by atoms with E-state index in [1.807, 2.05) is 0 Å². The fourth-order valence-corrected chi connectivity index (χ4v) is 2.92. The largest absolute Gasteiger partial charge is 0.274 e. The Hall–Kier alpha value is -1.40. The normalized spacial score (nSPS) is 18.9. The second-order valence-electron chi connectivity index (χ2n) is 4.81. The predicted molar refractivity (Wildman–Crippen MR) is 67.6 cm³/mol. The second kappa shape index (κ2) is 4.05. The smallest absolute Gasteiger partial charge is 0.261 e. The van der Waals surface area contributed by atoms with Gasteiger partial charge in [0.15, 0.2) is 0 Å². The number of amides is 2. The van der Waals surface area contributed by atoms with Crippen LogP contribution in [0.25, 0.3) is 0 Å². The monoisotopic (exact) mass is 299 g/mol. The highest BCUT2D eigenvalue weighted by Gasteiger charge is 2.39. The fourth-order valence-electron chi connectivity index (χ4n) is 2.15. The third kappa shape index (κ3) is 2.15. The number of rotatable bonds is 3. The van der Waals surface area contributed by atoms with Crippen molar-refractivity contribution in [3.63, 3.8) is 0 Å². The first-order valence-electron chi connectivity index (χ1n) is 5.83. The number of nitrogens with zero attached hydrogens (tertiary/aromatic N) is 1. The average Bonchev–Trinajstić information content (AvgIpc) is 3.12. The zero-order chi connectivity index (χ0) is 13.8. The molecule has 1 fully saturated rings. The van der Waals surface area contributed by atoms with E-state index < -0.39 is 15.0 Å². The molecular weight excluding hydrogens is 290 g/mol. The van der Waals surface area contributed by atoms with Crippen LogP contribution in [0.3, 0.4) is 0 Å². The zero-order valence-corrected chi connectivity index (χ0v) is 11.4. The maximum absolute atomic E-state index is 12.1. The van der Waals surface area contributed by atoms with Gasteiger partial charge in [0.1, 0.15) is 0 Å². The van der Waals surface area contributed by atoms with Crippen molar-refractivity contribution in [1.29, 1.82) is 0 Å². The minimum absolute atomic E-state index is 0.118. The van der Waals surface area contributed by atoms with Gasteiger partial charge >= 0.3 is 0 Å². The van der Waals surface area contributed by atoms with Crippen LogP contribution in [0, 0.1) is 5.92 Å². The van der Waals surface area contributed by atoms with Gasteiger partial charge in [0, 0.05) is 17.2 Å². The molecule has 1 aromatic carbocycles. The first-order valence-corrected chi connectivity index (χ1v) is 8.14. The highest BCUT2D eigenvalue weighted by atomic mass is 35.7. The number of hydrogen-bond donors (Lipinski definition) is 0. The van der Waals surface area contributed by atoms with Crippen LogP contribution in [0.4, 0.5) is 0 Å². The summed E-state index contributed by atoms with van der Waals surface area (Å²) in [5, 5.41) is 0. The minimum Gasteiger partial charge on any atom is -0.274 e. The lowest BCUT2D eigenvalue weighted by Gasteiger charge is -2.12. The molecule has 0 radical (unpaired) electrons. The van der Waals surface area contributed by atoms with E-state index in [9.17, 15) is 18.0 Å². The molecule has 0 unspecified atom stereocenters. The first kappa shape index (κ1) is 12.6. The molecule has 2 aliphatic rings. The molecule has 0 bridgehead atoms. The Balaban J connectivity index is 2.02. The lowest BCUT2D eigenvalue weighted by Crippen LogP contribution is -2.31. The van der Waals surface area contributed by atoms with Gasteiger partial charge in [-0.25, -0.2) is 8.42 Å². The van der Waals surface area contributed by atoms with Gasteiger partial charge in [-0.05, 0) is 37.0 Å². The molecule has 5 nitrogen and oxygen atoms in total. The first-order chi connectivity index (χ1) is 8.88. The average molecular weight is 300 g/mol. The molecule has 19 heavy (non-hydrogen) atoms. The Kier molecular flexibility index (Phi) is 2.69. The van der Waals surface area contributed by atoms with E-state index in [0.29, 0.717) is 12.5 Å². The topological polar surface area (TPSA) is 71.5 Å². The summed E-state index contributed by atoms with van der Waals surface area (Å²) in [5.74, 6) is -0.405. The third-order valence-corrected chi connectivity index (χ3v) is 4.71. The molecule has 0 N–H and O–H groups in total. The molecule has 100 valence electrons. The molecule has 3 rings (SSSR count). The number of carbonyl (C=O) groups excluding carboxylic acids is 2. The summed E-state index contributed by atoms with van der Waals surface area (Å²) >= 11 is 0. The summed E-state index contributed by atoms with van der Waals surface area (Å²) < 4.78 is 22.5. The quantitative estimate of drug-likeness (QED) is 0.628. The van der Waals surface area contributed by atoms with Crippen LogP contribution in [0.1, 0.15) is 33.6 Å². The zero-order valence-electron chi connectivity index (χ0n) is 9.80. The van der Waals surface area contributed by atoms with E-state index in [1.54, 1.807) is 0 Å². The van der Waals surface area contributed by atoms with E-state index in [0.717, 1.165) is 12.8 Å². The lowest BCUT2D eigenvalue weighted by atomic mass is 10.1. The van der Waals surface area contributed by atoms with Crippen LogP contribution in [0.5, 0.6) is 0 Å². The van der Waals surface area contributed by atoms with Crippen LogP contribution in [0.15, 0.2) is 23.1 Å². The number of carbonyl (C=O) groups is 2. The highest BCUT2D eigenvalue weighted by molar-refractivity contribution is 8.13. The molecule has 1 aromatic rings. The Bertz CT molecular complexity index is 694. The van der Waals surface area contributed by atoms with Gasteiger partial charge in [-0.3, -0.25) is 14.5 Å². The molecule has 1 heterocycles. The Morgan fingerprint density at radius 1 is 1.16 bits per heavy atom. The summed E-state index contributed by atoms with van der Waals surface area (Å²) in [7, 11) is 1.33. The van der Waals surface area contributed by atoms with Gasteiger partial charge in [0.2, 0.25) is 0 Å². The number of fused-ring (bicyclic) bond motifs is 1. The summed E-state index contributed by atoms with van der Waals surface area (Å²) in [6.45, 7) is 0.412. The van der Waals surface area contributed by atoms with Crippen molar-refractivity contribution in [1.82, 2.24) is 4.90 Å². The molecule has 2 amide bonds. The fraction of sp³-hybridized carbons (Fsp3) is 0.333. The Labute approximate surface area is 114 Å². The van der Waals surface area contributed by atoms with Gasteiger partial charge in [-0.2, -0.15) is 0 Å². The van der Waals surface area contributed by atoms with Crippen molar-refractivity contribution in [3.8, 4) is 0 Å². The molecule has 1 aliphatic heterocycles. The van der Waals surface area contributed by atoms with Crippen molar-refractivity contribution in [2.75, 3.05) is 6.54 Å². The van der Waals surface area contributed by atoms with Crippen LogP contribution in [-0.4, -0.2) is 31.7 Å². The summed E-state index contributed by atoms with van der Waals surface area (Å²) in [6.07, 6.45) is 2.05. The van der Waals surface area contributed by atoms with E-state index in [-0.39, 0.29) is 21.9 Å². The van der Waals surface area contributed by atoms with Crippen molar-refractivity contribution in [2.45, 2.75) is 17.7 Å². The molecule has 0 atom stereocenters. The van der Waals surface area contributed by atoms with Gasteiger partial charge in [-0.15, -0.1) is 0 Å². The third-order valence-electron chi connectivity index (χ3n) is 3.36. The molecule has 1 aliphatic carbocycles. The van der Waals surface area contributed by atoms with Crippen LogP contribution < -0.4 is 0 Å². The minimum atomic E-state index is -3.90. The standard InChI is InChI=1S/C12H10ClNO4S/c13-19(17,18)8-3-4-9-10(5-8)12(16)14(11(9)15)6-7-1-2-7/h3-5,7H,1-2,6H2. The van der Waals surface area contributed by atoms with E-state index in [2.05, 4.69) is 0 Å².